The Labute approximate surface area is 146 Å². The standard InChI is InChI=1S/C9H18N2O2.C7H15NOS/c1-11(2)7-4-6-10-9(13)5-3-8-12;1-8-7(9)5-3-2-4-6-10/h8H,3-7H2,1-2H3,(H,10,13);10H,2-6H2,1H3,(H,8,9). The lowest BCUT2D eigenvalue weighted by molar-refractivity contribution is -0.122. The quantitative estimate of drug-likeness (QED) is 0.282. The van der Waals surface area contributed by atoms with Gasteiger partial charge >= 0.3 is 0 Å². The third-order valence-corrected chi connectivity index (χ3v) is 3.25. The van der Waals surface area contributed by atoms with E-state index in [0.717, 1.165) is 44.3 Å². The Morgan fingerprint density at radius 1 is 1.04 bits per heavy atom. The molecule has 0 rings (SSSR count). The lowest BCUT2D eigenvalue weighted by Gasteiger charge is -2.09. The van der Waals surface area contributed by atoms with E-state index >= 15 is 0 Å². The fourth-order valence-electron chi connectivity index (χ4n) is 1.60. The molecular weight excluding hydrogens is 314 g/mol. The largest absolute Gasteiger partial charge is 0.359 e. The van der Waals surface area contributed by atoms with Crippen molar-refractivity contribution in [3.05, 3.63) is 0 Å². The highest BCUT2D eigenvalue weighted by atomic mass is 32.1. The van der Waals surface area contributed by atoms with Crippen molar-refractivity contribution in [2.75, 3.05) is 40.0 Å². The molecule has 0 aromatic rings. The topological polar surface area (TPSA) is 78.5 Å². The molecule has 0 saturated carbocycles. The van der Waals surface area contributed by atoms with Gasteiger partial charge in [0.2, 0.25) is 11.8 Å². The molecule has 0 aliphatic heterocycles. The molecule has 0 unspecified atom stereocenters. The maximum absolute atomic E-state index is 11.0. The lowest BCUT2D eigenvalue weighted by atomic mass is 10.2. The molecule has 0 fully saturated rings. The van der Waals surface area contributed by atoms with Gasteiger partial charge in [0.15, 0.2) is 0 Å². The molecule has 0 bridgehead atoms. The van der Waals surface area contributed by atoms with E-state index in [0.29, 0.717) is 25.8 Å². The van der Waals surface area contributed by atoms with Crippen LogP contribution in [0.3, 0.4) is 0 Å². The number of aldehydes is 1. The number of nitrogens with one attached hydrogen (secondary N) is 2. The Morgan fingerprint density at radius 2 is 1.74 bits per heavy atom. The third kappa shape index (κ3) is 23.3. The lowest BCUT2D eigenvalue weighted by Crippen LogP contribution is -2.26. The first-order chi connectivity index (χ1) is 11.0. The van der Waals surface area contributed by atoms with Crippen molar-refractivity contribution in [1.29, 1.82) is 0 Å². The second-order valence-corrected chi connectivity index (χ2v) is 5.87. The van der Waals surface area contributed by atoms with Crippen molar-refractivity contribution in [1.82, 2.24) is 15.5 Å². The summed E-state index contributed by atoms with van der Waals surface area (Å²) in [7, 11) is 5.66. The van der Waals surface area contributed by atoms with Crippen LogP contribution >= 0.6 is 12.6 Å². The fourth-order valence-corrected chi connectivity index (χ4v) is 1.82. The first kappa shape index (κ1) is 24.2. The van der Waals surface area contributed by atoms with E-state index in [1.165, 1.54) is 0 Å². The summed E-state index contributed by atoms with van der Waals surface area (Å²) < 4.78 is 0. The van der Waals surface area contributed by atoms with Crippen LogP contribution in [0, 0.1) is 0 Å². The zero-order valence-electron chi connectivity index (χ0n) is 14.8. The number of rotatable bonds is 12. The molecular formula is C16H33N3O3S. The average Bonchev–Trinajstić information content (AvgIpc) is 2.53. The zero-order chi connectivity index (χ0) is 17.9. The summed E-state index contributed by atoms with van der Waals surface area (Å²) in [5, 5.41) is 5.33. The molecule has 136 valence electrons. The van der Waals surface area contributed by atoms with Crippen molar-refractivity contribution >= 4 is 30.7 Å². The van der Waals surface area contributed by atoms with Crippen molar-refractivity contribution < 1.29 is 14.4 Å². The number of carbonyl (C=O) groups excluding carboxylic acids is 3. The molecule has 0 heterocycles. The second kappa shape index (κ2) is 19.0. The van der Waals surface area contributed by atoms with Gasteiger partial charge in [-0.3, -0.25) is 9.59 Å². The zero-order valence-corrected chi connectivity index (χ0v) is 15.7. The van der Waals surface area contributed by atoms with Gasteiger partial charge in [-0.2, -0.15) is 12.6 Å². The van der Waals surface area contributed by atoms with Crippen molar-refractivity contribution in [3.63, 3.8) is 0 Å². The van der Waals surface area contributed by atoms with E-state index < -0.39 is 0 Å². The molecule has 2 N–H and O–H groups in total. The van der Waals surface area contributed by atoms with Crippen LogP contribution in [0.5, 0.6) is 0 Å². The Bertz CT molecular complexity index is 313. The molecule has 7 heteroatoms. The maximum Gasteiger partial charge on any atom is 0.220 e. The summed E-state index contributed by atoms with van der Waals surface area (Å²) in [6.07, 6.45) is 6.20. The molecule has 2 amide bonds. The summed E-state index contributed by atoms with van der Waals surface area (Å²) >= 11 is 4.07. The Hall–Kier alpha value is -1.08. The predicted molar refractivity (Wildman–Crippen MR) is 97.9 cm³/mol. The van der Waals surface area contributed by atoms with E-state index in [2.05, 4.69) is 28.2 Å². The summed E-state index contributed by atoms with van der Waals surface area (Å²) in [5.74, 6) is 1.03. The van der Waals surface area contributed by atoms with Crippen LogP contribution < -0.4 is 10.6 Å². The molecule has 0 radical (unpaired) electrons. The van der Waals surface area contributed by atoms with Gasteiger partial charge in [-0.1, -0.05) is 6.42 Å². The van der Waals surface area contributed by atoms with E-state index in [-0.39, 0.29) is 11.8 Å². The molecule has 0 saturated heterocycles. The normalized spacial score (nSPS) is 9.78. The number of hydrogen-bond donors (Lipinski definition) is 3. The van der Waals surface area contributed by atoms with E-state index in [9.17, 15) is 14.4 Å². The van der Waals surface area contributed by atoms with Crippen LogP contribution in [0.25, 0.3) is 0 Å². The third-order valence-electron chi connectivity index (χ3n) is 2.93. The van der Waals surface area contributed by atoms with Crippen LogP contribution in [-0.2, 0) is 14.4 Å². The number of amides is 2. The Morgan fingerprint density at radius 3 is 2.26 bits per heavy atom. The SMILES string of the molecule is CN(C)CCCNC(=O)CCC=O.CNC(=O)CCCCCS. The molecule has 0 aromatic carbocycles. The van der Waals surface area contributed by atoms with E-state index in [1.807, 2.05) is 14.1 Å². The summed E-state index contributed by atoms with van der Waals surface area (Å²) in [6, 6.07) is 0. The smallest absolute Gasteiger partial charge is 0.220 e. The van der Waals surface area contributed by atoms with Crippen LogP contribution in [-0.4, -0.2) is 63.0 Å². The number of nitrogens with zero attached hydrogens (tertiary/aromatic N) is 1. The van der Waals surface area contributed by atoms with Crippen molar-refractivity contribution in [2.45, 2.75) is 44.9 Å². The second-order valence-electron chi connectivity index (χ2n) is 5.42. The number of thiol groups is 1. The Kier molecular flexibility index (Phi) is 19.9. The van der Waals surface area contributed by atoms with Gasteiger partial charge in [-0.15, -0.1) is 0 Å². The monoisotopic (exact) mass is 347 g/mol. The number of unbranched alkanes of at least 4 members (excludes halogenated alkanes) is 2. The molecule has 0 aliphatic rings. The maximum atomic E-state index is 11.0. The van der Waals surface area contributed by atoms with Gasteiger partial charge < -0.3 is 20.3 Å². The minimum absolute atomic E-state index is 0.0362. The van der Waals surface area contributed by atoms with Crippen LogP contribution in [0.4, 0.5) is 0 Å². The first-order valence-corrected chi connectivity index (χ1v) is 8.77. The molecule has 0 aliphatic carbocycles. The molecule has 0 spiro atoms. The van der Waals surface area contributed by atoms with Gasteiger partial charge in [0.05, 0.1) is 0 Å². The fraction of sp³-hybridized carbons (Fsp3) is 0.812. The highest BCUT2D eigenvalue weighted by Gasteiger charge is 1.99. The number of hydrogen-bond acceptors (Lipinski definition) is 5. The molecule has 23 heavy (non-hydrogen) atoms. The highest BCUT2D eigenvalue weighted by Crippen LogP contribution is 1.99. The minimum Gasteiger partial charge on any atom is -0.359 e. The van der Waals surface area contributed by atoms with Gasteiger partial charge in [0.25, 0.3) is 0 Å². The summed E-state index contributed by atoms with van der Waals surface area (Å²) in [6.45, 7) is 1.66. The van der Waals surface area contributed by atoms with Crippen molar-refractivity contribution in [3.8, 4) is 0 Å². The Balaban J connectivity index is 0. The van der Waals surface area contributed by atoms with Gasteiger partial charge in [0, 0.05) is 32.9 Å². The van der Waals surface area contributed by atoms with Gasteiger partial charge in [-0.25, -0.2) is 0 Å². The van der Waals surface area contributed by atoms with E-state index in [1.54, 1.807) is 7.05 Å². The van der Waals surface area contributed by atoms with Gasteiger partial charge in [0.1, 0.15) is 6.29 Å². The molecule has 0 aromatic heterocycles. The molecule has 0 atom stereocenters. The number of carbonyl (C=O) groups is 3. The van der Waals surface area contributed by atoms with Gasteiger partial charge in [-0.05, 0) is 45.7 Å². The molecule has 6 nitrogen and oxygen atoms in total. The predicted octanol–water partition coefficient (Wildman–Crippen LogP) is 1.26. The minimum atomic E-state index is -0.0362. The average molecular weight is 348 g/mol. The summed E-state index contributed by atoms with van der Waals surface area (Å²) in [4.78, 5) is 33.6. The van der Waals surface area contributed by atoms with Crippen LogP contribution in [0.2, 0.25) is 0 Å². The highest BCUT2D eigenvalue weighted by molar-refractivity contribution is 7.80. The van der Waals surface area contributed by atoms with E-state index in [4.69, 9.17) is 0 Å². The first-order valence-electron chi connectivity index (χ1n) is 8.14. The summed E-state index contributed by atoms with van der Waals surface area (Å²) in [5.41, 5.74) is 0. The van der Waals surface area contributed by atoms with Crippen molar-refractivity contribution in [2.24, 2.45) is 0 Å². The van der Waals surface area contributed by atoms with Crippen LogP contribution in [0.1, 0.15) is 44.9 Å². The van der Waals surface area contributed by atoms with Crippen LogP contribution in [0.15, 0.2) is 0 Å².